The lowest BCUT2D eigenvalue weighted by atomic mass is 9.96. The van der Waals surface area contributed by atoms with E-state index >= 15 is 0 Å². The summed E-state index contributed by atoms with van der Waals surface area (Å²) in [4.78, 5) is 6.96. The largest absolute Gasteiger partial charge is 0.393 e. The average Bonchev–Trinajstić information content (AvgIpc) is 3.49. The number of piperidine rings is 1. The lowest BCUT2D eigenvalue weighted by molar-refractivity contribution is 0.145. The molecule has 3 aromatic heterocycles. The van der Waals surface area contributed by atoms with Crippen LogP contribution in [0.15, 0.2) is 54.9 Å². The number of nitrogens with one attached hydrogen (secondary N) is 2. The smallest absolute Gasteiger partial charge is 0.130 e. The molecule has 0 unspecified atom stereocenters. The maximum atomic E-state index is 9.74. The zero-order chi connectivity index (χ0) is 22.4. The van der Waals surface area contributed by atoms with Crippen LogP contribution >= 0.6 is 0 Å². The molecule has 0 radical (unpaired) electrons. The molecule has 0 spiro atoms. The van der Waals surface area contributed by atoms with Crippen molar-refractivity contribution in [2.75, 3.05) is 23.3 Å². The van der Waals surface area contributed by atoms with E-state index in [1.807, 2.05) is 23.0 Å². The second kappa shape index (κ2) is 8.17. The first-order valence-corrected chi connectivity index (χ1v) is 11.6. The van der Waals surface area contributed by atoms with Crippen LogP contribution in [-0.4, -0.2) is 38.9 Å². The Hall–Kier alpha value is -3.42. The molecule has 4 aromatic rings. The van der Waals surface area contributed by atoms with Crippen LogP contribution < -0.4 is 15.5 Å². The molecule has 2 aliphatic heterocycles. The molecule has 5 heterocycles. The first-order chi connectivity index (χ1) is 16.2. The molecule has 168 valence electrons. The summed E-state index contributed by atoms with van der Waals surface area (Å²) in [5.74, 6) is 0.837. The molecule has 2 aliphatic rings. The highest BCUT2D eigenvalue weighted by Gasteiger charge is 2.22. The Labute approximate surface area is 193 Å². The van der Waals surface area contributed by atoms with Gasteiger partial charge in [0, 0.05) is 43.1 Å². The van der Waals surface area contributed by atoms with Crippen LogP contribution in [-0.2, 0) is 13.1 Å². The minimum atomic E-state index is -0.168. The zero-order valence-electron chi connectivity index (χ0n) is 18.8. The van der Waals surface area contributed by atoms with Crippen molar-refractivity contribution in [3.05, 3.63) is 71.7 Å². The van der Waals surface area contributed by atoms with Crippen molar-refractivity contribution in [3.63, 3.8) is 0 Å². The molecule has 6 rings (SSSR count). The summed E-state index contributed by atoms with van der Waals surface area (Å²) in [5, 5.41) is 21.4. The highest BCUT2D eigenvalue weighted by molar-refractivity contribution is 5.85. The maximum Gasteiger partial charge on any atom is 0.130 e. The van der Waals surface area contributed by atoms with Crippen LogP contribution in [0.4, 0.5) is 17.2 Å². The molecule has 0 aliphatic carbocycles. The van der Waals surface area contributed by atoms with E-state index in [0.29, 0.717) is 0 Å². The third-order valence-electron chi connectivity index (χ3n) is 6.90. The second-order valence-corrected chi connectivity index (χ2v) is 8.99. The number of hydrogen-bond acceptors (Lipinski definition) is 6. The number of aliphatic hydroxyl groups is 1. The van der Waals surface area contributed by atoms with E-state index in [2.05, 4.69) is 68.9 Å². The third kappa shape index (κ3) is 3.63. The van der Waals surface area contributed by atoms with Crippen molar-refractivity contribution in [2.24, 2.45) is 0 Å². The molecule has 1 saturated heterocycles. The van der Waals surface area contributed by atoms with E-state index in [1.54, 1.807) is 0 Å². The summed E-state index contributed by atoms with van der Waals surface area (Å²) in [6.07, 6.45) is 5.37. The monoisotopic (exact) mass is 440 g/mol. The van der Waals surface area contributed by atoms with E-state index in [1.165, 1.54) is 22.3 Å². The number of aliphatic hydroxyl groups excluding tert-OH is 1. The Bertz CT molecular complexity index is 1300. The summed E-state index contributed by atoms with van der Waals surface area (Å²) in [6, 6.07) is 14.8. The predicted octanol–water partition coefficient (Wildman–Crippen LogP) is 4.01. The van der Waals surface area contributed by atoms with Gasteiger partial charge in [-0.25, -0.2) is 9.50 Å². The second-order valence-electron chi connectivity index (χ2n) is 8.99. The summed E-state index contributed by atoms with van der Waals surface area (Å²) in [7, 11) is 0. The Balaban J connectivity index is 1.28. The van der Waals surface area contributed by atoms with Crippen LogP contribution in [0.1, 0.15) is 29.7 Å². The van der Waals surface area contributed by atoms with Crippen molar-refractivity contribution >= 4 is 22.7 Å². The molecule has 1 aromatic carbocycles. The SMILES string of the molecule is Cc1cccc2c(-c3ccc(Nc4ccc(N5CCC(O)CC5)cn4)c4c3CNC4)cnn12. The van der Waals surface area contributed by atoms with Gasteiger partial charge in [0.1, 0.15) is 5.82 Å². The van der Waals surface area contributed by atoms with Gasteiger partial charge in [0.25, 0.3) is 0 Å². The summed E-state index contributed by atoms with van der Waals surface area (Å²) in [5.41, 5.74) is 9.46. The Morgan fingerprint density at radius 3 is 2.64 bits per heavy atom. The Morgan fingerprint density at radius 1 is 0.970 bits per heavy atom. The highest BCUT2D eigenvalue weighted by Crippen LogP contribution is 2.37. The van der Waals surface area contributed by atoms with Crippen molar-refractivity contribution in [1.29, 1.82) is 0 Å². The lowest BCUT2D eigenvalue weighted by Gasteiger charge is -2.31. The highest BCUT2D eigenvalue weighted by atomic mass is 16.3. The van der Waals surface area contributed by atoms with Crippen LogP contribution in [0, 0.1) is 6.92 Å². The van der Waals surface area contributed by atoms with E-state index in [9.17, 15) is 5.11 Å². The van der Waals surface area contributed by atoms with E-state index in [4.69, 9.17) is 0 Å². The number of fused-ring (bicyclic) bond motifs is 2. The van der Waals surface area contributed by atoms with E-state index in [-0.39, 0.29) is 6.10 Å². The molecule has 3 N–H and O–H groups in total. The molecule has 0 amide bonds. The fraction of sp³-hybridized carbons (Fsp3) is 0.308. The molecule has 7 nitrogen and oxygen atoms in total. The van der Waals surface area contributed by atoms with E-state index in [0.717, 1.165) is 67.4 Å². The number of pyridine rings is 2. The van der Waals surface area contributed by atoms with Gasteiger partial charge >= 0.3 is 0 Å². The number of anilines is 3. The van der Waals surface area contributed by atoms with Gasteiger partial charge in [-0.05, 0) is 66.8 Å². The van der Waals surface area contributed by atoms with Gasteiger partial charge in [0.05, 0.1) is 29.7 Å². The molecule has 7 heteroatoms. The van der Waals surface area contributed by atoms with Crippen LogP contribution in [0.3, 0.4) is 0 Å². The topological polar surface area (TPSA) is 77.7 Å². The minimum Gasteiger partial charge on any atom is -0.393 e. The predicted molar refractivity (Wildman–Crippen MR) is 131 cm³/mol. The number of aryl methyl sites for hydroxylation is 1. The van der Waals surface area contributed by atoms with Crippen LogP contribution in [0.2, 0.25) is 0 Å². The first-order valence-electron chi connectivity index (χ1n) is 11.6. The Kier molecular flexibility index (Phi) is 5.00. The Morgan fingerprint density at radius 2 is 1.82 bits per heavy atom. The number of hydrogen-bond donors (Lipinski definition) is 3. The summed E-state index contributed by atoms with van der Waals surface area (Å²) < 4.78 is 2.00. The molecular formula is C26H28N6O. The molecular weight excluding hydrogens is 412 g/mol. The van der Waals surface area contributed by atoms with Gasteiger partial charge in [-0.1, -0.05) is 12.1 Å². The lowest BCUT2D eigenvalue weighted by Crippen LogP contribution is -2.35. The maximum absolute atomic E-state index is 9.74. The zero-order valence-corrected chi connectivity index (χ0v) is 18.8. The van der Waals surface area contributed by atoms with Gasteiger partial charge in [0.2, 0.25) is 0 Å². The van der Waals surface area contributed by atoms with Gasteiger partial charge in [-0.3, -0.25) is 0 Å². The number of benzene rings is 1. The fourth-order valence-corrected chi connectivity index (χ4v) is 5.04. The first kappa shape index (κ1) is 20.2. The number of nitrogens with zero attached hydrogens (tertiary/aromatic N) is 4. The summed E-state index contributed by atoms with van der Waals surface area (Å²) in [6.45, 7) is 5.50. The standard InChI is InChI=1S/C26H28N6O/c1-17-3-2-4-25-23(16-29-32(17)25)20-6-7-24(22-15-27-14-21(20)22)30-26-8-5-18(13-28-26)31-11-9-19(33)10-12-31/h2-8,13,16,19,27,33H,9-12,14-15H2,1H3,(H,28,30). The van der Waals surface area contributed by atoms with E-state index < -0.39 is 0 Å². The minimum absolute atomic E-state index is 0.168. The summed E-state index contributed by atoms with van der Waals surface area (Å²) >= 11 is 0. The van der Waals surface area contributed by atoms with Gasteiger partial charge in [-0.2, -0.15) is 5.10 Å². The van der Waals surface area contributed by atoms with Crippen LogP contribution in [0.5, 0.6) is 0 Å². The van der Waals surface area contributed by atoms with Gasteiger partial charge in [0.15, 0.2) is 0 Å². The molecule has 33 heavy (non-hydrogen) atoms. The van der Waals surface area contributed by atoms with Gasteiger partial charge < -0.3 is 20.6 Å². The quantitative estimate of drug-likeness (QED) is 0.445. The normalized spacial score (nSPS) is 16.4. The molecule has 0 bridgehead atoms. The third-order valence-corrected chi connectivity index (χ3v) is 6.90. The number of aromatic nitrogens is 3. The average molecular weight is 441 g/mol. The van der Waals surface area contributed by atoms with Crippen molar-refractivity contribution in [2.45, 2.75) is 39.0 Å². The number of rotatable bonds is 4. The van der Waals surface area contributed by atoms with Crippen molar-refractivity contribution in [3.8, 4) is 11.1 Å². The van der Waals surface area contributed by atoms with Gasteiger partial charge in [-0.15, -0.1) is 0 Å². The molecule has 0 atom stereocenters. The fourth-order valence-electron chi connectivity index (χ4n) is 5.04. The van der Waals surface area contributed by atoms with Crippen LogP contribution in [0.25, 0.3) is 16.6 Å². The van der Waals surface area contributed by atoms with Crippen molar-refractivity contribution < 1.29 is 5.11 Å². The molecule has 0 saturated carbocycles. The molecule has 1 fully saturated rings. The van der Waals surface area contributed by atoms with Crippen molar-refractivity contribution in [1.82, 2.24) is 19.9 Å².